The average Bonchev–Trinajstić information content (AvgIpc) is 2.48. The van der Waals surface area contributed by atoms with Crippen molar-refractivity contribution in [1.82, 2.24) is 4.90 Å². The molecule has 0 bridgehead atoms. The van der Waals surface area contributed by atoms with E-state index in [4.69, 9.17) is 11.1 Å². The van der Waals surface area contributed by atoms with Gasteiger partial charge in [0.15, 0.2) is 0 Å². The van der Waals surface area contributed by atoms with Crippen molar-refractivity contribution >= 4 is 17.6 Å². The minimum Gasteiger partial charge on any atom is -0.388 e. The number of amides is 2. The topological polar surface area (TPSA) is 73.4 Å². The van der Waals surface area contributed by atoms with Crippen LogP contribution in [0.5, 0.6) is 0 Å². The molecule has 1 unspecified atom stereocenters. The van der Waals surface area contributed by atoms with Crippen molar-refractivity contribution in [2.24, 2.45) is 11.7 Å². The van der Waals surface area contributed by atoms with E-state index in [1.54, 1.807) is 4.90 Å². The fourth-order valence-corrected chi connectivity index (χ4v) is 2.71. The van der Waals surface area contributed by atoms with E-state index in [0.717, 1.165) is 25.2 Å². The highest BCUT2D eigenvalue weighted by atomic mass is 16.2. The number of urea groups is 1. The second kappa shape index (κ2) is 7.11. The number of carbonyl (C=O) groups excluding carboxylic acids is 1. The number of nitrogens with zero attached hydrogens (tertiary/aromatic N) is 2. The van der Waals surface area contributed by atoms with Gasteiger partial charge in [-0.05, 0) is 30.9 Å². The molecule has 0 aliphatic carbocycles. The number of hydrogen-bond donors (Lipinski definition) is 2. The van der Waals surface area contributed by atoms with Gasteiger partial charge in [0, 0.05) is 31.7 Å². The summed E-state index contributed by atoms with van der Waals surface area (Å²) in [6.45, 7) is 4.25. The Balaban J connectivity index is 2.14. The standard InChI is InChI=1S/C16H24N4O/c1-13-6-5-10-19(12-13)16(21)20(11-9-15(17)18)14-7-3-2-4-8-14/h2-4,7-8,13H,5-6,9-12H2,1H3,(H3,17,18). The third-order valence-electron chi connectivity index (χ3n) is 3.83. The summed E-state index contributed by atoms with van der Waals surface area (Å²) in [5.74, 6) is 0.656. The molecule has 0 spiro atoms. The van der Waals surface area contributed by atoms with Gasteiger partial charge < -0.3 is 10.6 Å². The van der Waals surface area contributed by atoms with Crippen LogP contribution in [0.1, 0.15) is 26.2 Å². The molecule has 0 saturated carbocycles. The highest BCUT2D eigenvalue weighted by molar-refractivity contribution is 5.93. The van der Waals surface area contributed by atoms with Crippen LogP contribution < -0.4 is 10.6 Å². The number of likely N-dealkylation sites (tertiary alicyclic amines) is 1. The van der Waals surface area contributed by atoms with Crippen molar-refractivity contribution in [3.05, 3.63) is 30.3 Å². The number of rotatable bonds is 4. The number of nitrogens with two attached hydrogens (primary N) is 1. The summed E-state index contributed by atoms with van der Waals surface area (Å²) in [5, 5.41) is 7.39. The monoisotopic (exact) mass is 288 g/mol. The number of hydrogen-bond acceptors (Lipinski definition) is 2. The molecule has 1 aromatic rings. The van der Waals surface area contributed by atoms with Gasteiger partial charge in [-0.15, -0.1) is 0 Å². The van der Waals surface area contributed by atoms with Crippen LogP contribution in [-0.2, 0) is 0 Å². The maximum Gasteiger partial charge on any atom is 0.324 e. The zero-order chi connectivity index (χ0) is 15.2. The summed E-state index contributed by atoms with van der Waals surface area (Å²) < 4.78 is 0. The van der Waals surface area contributed by atoms with Gasteiger partial charge in [-0.1, -0.05) is 25.1 Å². The first-order chi connectivity index (χ1) is 10.1. The molecule has 5 heteroatoms. The number of benzene rings is 1. The molecule has 1 atom stereocenters. The van der Waals surface area contributed by atoms with Crippen LogP contribution in [0, 0.1) is 11.3 Å². The Kier molecular flexibility index (Phi) is 5.20. The van der Waals surface area contributed by atoms with Gasteiger partial charge in [0.2, 0.25) is 0 Å². The molecule has 1 fully saturated rings. The lowest BCUT2D eigenvalue weighted by atomic mass is 10.0. The number of nitrogens with one attached hydrogen (secondary N) is 1. The molecule has 1 aliphatic rings. The number of anilines is 1. The second-order valence-corrected chi connectivity index (χ2v) is 5.74. The van der Waals surface area contributed by atoms with Crippen LogP contribution in [0.4, 0.5) is 10.5 Å². The van der Waals surface area contributed by atoms with E-state index >= 15 is 0 Å². The Bertz CT molecular complexity index is 488. The third kappa shape index (κ3) is 4.21. The van der Waals surface area contributed by atoms with Gasteiger partial charge in [0.25, 0.3) is 0 Å². The van der Waals surface area contributed by atoms with Crippen molar-refractivity contribution in [3.63, 3.8) is 0 Å². The van der Waals surface area contributed by atoms with Crippen molar-refractivity contribution < 1.29 is 4.79 Å². The third-order valence-corrected chi connectivity index (χ3v) is 3.83. The van der Waals surface area contributed by atoms with Crippen LogP contribution in [0.2, 0.25) is 0 Å². The smallest absolute Gasteiger partial charge is 0.324 e. The molecule has 1 aliphatic heterocycles. The second-order valence-electron chi connectivity index (χ2n) is 5.74. The van der Waals surface area contributed by atoms with Gasteiger partial charge in [-0.3, -0.25) is 10.3 Å². The molecule has 114 valence electrons. The van der Waals surface area contributed by atoms with Crippen molar-refractivity contribution in [1.29, 1.82) is 5.41 Å². The minimum absolute atomic E-state index is 0.0222. The molecule has 0 radical (unpaired) electrons. The average molecular weight is 288 g/mol. The Morgan fingerprint density at radius 2 is 2.14 bits per heavy atom. The molecule has 3 N–H and O–H groups in total. The summed E-state index contributed by atoms with van der Waals surface area (Å²) in [7, 11) is 0. The summed E-state index contributed by atoms with van der Waals surface area (Å²) in [6.07, 6.45) is 2.63. The van der Waals surface area contributed by atoms with Gasteiger partial charge >= 0.3 is 6.03 Å². The lowest BCUT2D eigenvalue weighted by Gasteiger charge is -2.35. The first-order valence-corrected chi connectivity index (χ1v) is 7.52. The summed E-state index contributed by atoms with van der Waals surface area (Å²) >= 11 is 0. The maximum absolute atomic E-state index is 12.8. The summed E-state index contributed by atoms with van der Waals surface area (Å²) in [6, 6.07) is 9.63. The largest absolute Gasteiger partial charge is 0.388 e. The highest BCUT2D eigenvalue weighted by Gasteiger charge is 2.26. The SMILES string of the molecule is CC1CCCN(C(=O)N(CCC(=N)N)c2ccccc2)C1. The van der Waals surface area contributed by atoms with Crippen LogP contribution in [0.15, 0.2) is 30.3 Å². The first kappa shape index (κ1) is 15.4. The summed E-state index contributed by atoms with van der Waals surface area (Å²) in [5.41, 5.74) is 6.31. The zero-order valence-corrected chi connectivity index (χ0v) is 12.6. The van der Waals surface area contributed by atoms with E-state index in [-0.39, 0.29) is 11.9 Å². The van der Waals surface area contributed by atoms with E-state index in [1.807, 2.05) is 35.2 Å². The first-order valence-electron chi connectivity index (χ1n) is 7.52. The Morgan fingerprint density at radius 1 is 1.43 bits per heavy atom. The molecule has 0 aromatic heterocycles. The van der Waals surface area contributed by atoms with Crippen LogP contribution >= 0.6 is 0 Å². The number of carbonyl (C=O) groups is 1. The Morgan fingerprint density at radius 3 is 2.76 bits per heavy atom. The molecule has 2 amide bonds. The van der Waals surface area contributed by atoms with Crippen molar-refractivity contribution in [2.75, 3.05) is 24.5 Å². The number of amidine groups is 1. The predicted molar refractivity (Wildman–Crippen MR) is 85.7 cm³/mol. The quantitative estimate of drug-likeness (QED) is 0.660. The lowest BCUT2D eigenvalue weighted by molar-refractivity contribution is 0.176. The number of para-hydroxylation sites is 1. The fraction of sp³-hybridized carbons (Fsp3) is 0.500. The molecule has 5 nitrogen and oxygen atoms in total. The molecule has 21 heavy (non-hydrogen) atoms. The van der Waals surface area contributed by atoms with Crippen LogP contribution in [0.25, 0.3) is 0 Å². The van der Waals surface area contributed by atoms with Crippen molar-refractivity contribution in [3.8, 4) is 0 Å². The van der Waals surface area contributed by atoms with Gasteiger partial charge in [-0.2, -0.15) is 0 Å². The summed E-state index contributed by atoms with van der Waals surface area (Å²) in [4.78, 5) is 16.5. The predicted octanol–water partition coefficient (Wildman–Crippen LogP) is 2.67. The molecule has 2 rings (SSSR count). The Labute approximate surface area is 126 Å². The van der Waals surface area contributed by atoms with Gasteiger partial charge in [0.05, 0.1) is 5.84 Å². The van der Waals surface area contributed by atoms with E-state index in [9.17, 15) is 4.79 Å². The van der Waals surface area contributed by atoms with E-state index in [2.05, 4.69) is 6.92 Å². The van der Waals surface area contributed by atoms with Crippen LogP contribution in [0.3, 0.4) is 0 Å². The maximum atomic E-state index is 12.8. The highest BCUT2D eigenvalue weighted by Crippen LogP contribution is 2.21. The lowest BCUT2D eigenvalue weighted by Crippen LogP contribution is -2.48. The molecule has 1 heterocycles. The van der Waals surface area contributed by atoms with E-state index in [0.29, 0.717) is 18.9 Å². The fourth-order valence-electron chi connectivity index (χ4n) is 2.71. The van der Waals surface area contributed by atoms with Gasteiger partial charge in [-0.25, -0.2) is 4.79 Å². The normalized spacial score (nSPS) is 18.3. The van der Waals surface area contributed by atoms with Crippen LogP contribution in [-0.4, -0.2) is 36.4 Å². The zero-order valence-electron chi connectivity index (χ0n) is 12.6. The Hall–Kier alpha value is -2.04. The molecular formula is C16H24N4O. The number of piperidine rings is 1. The van der Waals surface area contributed by atoms with E-state index in [1.165, 1.54) is 6.42 Å². The van der Waals surface area contributed by atoms with E-state index < -0.39 is 0 Å². The molecular weight excluding hydrogens is 264 g/mol. The van der Waals surface area contributed by atoms with Crippen molar-refractivity contribution in [2.45, 2.75) is 26.2 Å². The minimum atomic E-state index is 0.0222. The molecule has 1 saturated heterocycles. The van der Waals surface area contributed by atoms with Gasteiger partial charge in [0.1, 0.15) is 0 Å². The molecule has 1 aromatic carbocycles.